The molecule has 2 aromatic rings. The van der Waals surface area contributed by atoms with E-state index in [0.717, 1.165) is 17.0 Å². The van der Waals surface area contributed by atoms with Crippen molar-refractivity contribution in [3.63, 3.8) is 0 Å². The van der Waals surface area contributed by atoms with Gasteiger partial charge < -0.3 is 10.1 Å². The van der Waals surface area contributed by atoms with E-state index in [2.05, 4.69) is 5.32 Å². The zero-order valence-electron chi connectivity index (χ0n) is 10.6. The van der Waals surface area contributed by atoms with Crippen molar-refractivity contribution in [2.75, 3.05) is 11.9 Å². The summed E-state index contributed by atoms with van der Waals surface area (Å²) in [4.78, 5) is 0. The molecule has 0 fully saturated rings. The maximum absolute atomic E-state index is 13.0. The summed E-state index contributed by atoms with van der Waals surface area (Å²) in [5.74, 6) is 0.448. The van der Waals surface area contributed by atoms with E-state index in [0.29, 0.717) is 13.2 Å². The second-order valence-electron chi connectivity index (χ2n) is 4.06. The molecule has 0 saturated carbocycles. The molecule has 100 valence electrons. The third-order valence-electron chi connectivity index (χ3n) is 2.65. The van der Waals surface area contributed by atoms with E-state index < -0.39 is 5.82 Å². The van der Waals surface area contributed by atoms with Crippen LogP contribution in [0.4, 0.5) is 10.1 Å². The lowest BCUT2D eigenvalue weighted by Crippen LogP contribution is -2.00. The number of hydrogen-bond donors (Lipinski definition) is 1. The van der Waals surface area contributed by atoms with Crippen LogP contribution in [0.15, 0.2) is 42.5 Å². The predicted molar refractivity (Wildman–Crippen MR) is 76.3 cm³/mol. The second-order valence-corrected chi connectivity index (χ2v) is 4.47. The van der Waals surface area contributed by atoms with Gasteiger partial charge in [-0.1, -0.05) is 23.7 Å². The Morgan fingerprint density at radius 3 is 2.53 bits per heavy atom. The first-order valence-corrected chi connectivity index (χ1v) is 6.47. The Bertz CT molecular complexity index is 542. The monoisotopic (exact) mass is 279 g/mol. The van der Waals surface area contributed by atoms with Crippen molar-refractivity contribution in [3.8, 4) is 5.75 Å². The molecule has 0 unspecified atom stereocenters. The van der Waals surface area contributed by atoms with Crippen LogP contribution in [0.5, 0.6) is 5.75 Å². The minimum atomic E-state index is -0.409. The van der Waals surface area contributed by atoms with E-state index in [4.69, 9.17) is 16.3 Å². The van der Waals surface area contributed by atoms with Crippen molar-refractivity contribution in [1.29, 1.82) is 0 Å². The molecular weight excluding hydrogens is 265 g/mol. The standard InChI is InChI=1S/C15H15ClFNO/c1-2-19-13-6-3-11(4-7-13)10-18-12-5-8-15(17)14(16)9-12/h3-9,18H,2,10H2,1H3. The Balaban J connectivity index is 1.96. The molecule has 0 atom stereocenters. The van der Waals surface area contributed by atoms with Gasteiger partial charge in [-0.05, 0) is 42.8 Å². The number of halogens is 2. The second kappa shape index (κ2) is 6.43. The summed E-state index contributed by atoms with van der Waals surface area (Å²) >= 11 is 5.72. The van der Waals surface area contributed by atoms with Gasteiger partial charge in [0.25, 0.3) is 0 Å². The number of hydrogen-bond acceptors (Lipinski definition) is 2. The number of nitrogens with one attached hydrogen (secondary N) is 1. The fourth-order valence-corrected chi connectivity index (χ4v) is 1.86. The van der Waals surface area contributed by atoms with Gasteiger partial charge in [0.05, 0.1) is 11.6 Å². The summed E-state index contributed by atoms with van der Waals surface area (Å²) in [6, 6.07) is 12.4. The largest absolute Gasteiger partial charge is 0.494 e. The van der Waals surface area contributed by atoms with Gasteiger partial charge in [-0.15, -0.1) is 0 Å². The fraction of sp³-hybridized carbons (Fsp3) is 0.200. The number of ether oxygens (including phenoxy) is 1. The van der Waals surface area contributed by atoms with Crippen molar-refractivity contribution in [2.45, 2.75) is 13.5 Å². The SMILES string of the molecule is CCOc1ccc(CNc2ccc(F)c(Cl)c2)cc1. The normalized spacial score (nSPS) is 10.3. The molecule has 0 bridgehead atoms. The van der Waals surface area contributed by atoms with Crippen molar-refractivity contribution in [3.05, 3.63) is 58.9 Å². The molecule has 1 N–H and O–H groups in total. The van der Waals surface area contributed by atoms with Gasteiger partial charge in [-0.2, -0.15) is 0 Å². The van der Waals surface area contributed by atoms with Crippen molar-refractivity contribution in [2.24, 2.45) is 0 Å². The summed E-state index contributed by atoms with van der Waals surface area (Å²) in [6.07, 6.45) is 0. The molecule has 0 aliphatic heterocycles. The third kappa shape index (κ3) is 3.86. The number of benzene rings is 2. The third-order valence-corrected chi connectivity index (χ3v) is 2.94. The predicted octanol–water partition coefficient (Wildman–Crippen LogP) is 4.49. The van der Waals surface area contributed by atoms with Crippen molar-refractivity contribution < 1.29 is 9.13 Å². The van der Waals surface area contributed by atoms with Crippen LogP contribution in [-0.2, 0) is 6.54 Å². The average Bonchev–Trinajstić information content (AvgIpc) is 2.42. The van der Waals surface area contributed by atoms with E-state index in [9.17, 15) is 4.39 Å². The molecule has 2 rings (SSSR count). The minimum Gasteiger partial charge on any atom is -0.494 e. The smallest absolute Gasteiger partial charge is 0.141 e. The highest BCUT2D eigenvalue weighted by Gasteiger charge is 2.01. The van der Waals surface area contributed by atoms with Gasteiger partial charge in [0.15, 0.2) is 0 Å². The summed E-state index contributed by atoms with van der Waals surface area (Å²) < 4.78 is 18.4. The van der Waals surface area contributed by atoms with E-state index in [1.54, 1.807) is 12.1 Å². The first kappa shape index (κ1) is 13.7. The van der Waals surface area contributed by atoms with Gasteiger partial charge in [-0.25, -0.2) is 4.39 Å². The van der Waals surface area contributed by atoms with Gasteiger partial charge in [-0.3, -0.25) is 0 Å². The molecular formula is C15H15ClFNO. The molecule has 0 aromatic heterocycles. The Hall–Kier alpha value is -1.74. The first-order chi connectivity index (χ1) is 9.19. The van der Waals surface area contributed by atoms with Crippen LogP contribution in [0.1, 0.15) is 12.5 Å². The van der Waals surface area contributed by atoms with E-state index in [1.165, 1.54) is 6.07 Å². The Kier molecular flexibility index (Phi) is 4.63. The topological polar surface area (TPSA) is 21.3 Å². The van der Waals surface area contributed by atoms with Crippen LogP contribution in [0, 0.1) is 5.82 Å². The highest BCUT2D eigenvalue weighted by molar-refractivity contribution is 6.31. The maximum atomic E-state index is 13.0. The lowest BCUT2D eigenvalue weighted by molar-refractivity contribution is 0.340. The van der Waals surface area contributed by atoms with E-state index in [-0.39, 0.29) is 5.02 Å². The first-order valence-electron chi connectivity index (χ1n) is 6.09. The number of rotatable bonds is 5. The molecule has 0 radical (unpaired) electrons. The minimum absolute atomic E-state index is 0.122. The fourth-order valence-electron chi connectivity index (χ4n) is 1.68. The maximum Gasteiger partial charge on any atom is 0.141 e. The molecule has 0 saturated heterocycles. The lowest BCUT2D eigenvalue weighted by atomic mass is 10.2. The van der Waals surface area contributed by atoms with Crippen LogP contribution < -0.4 is 10.1 Å². The summed E-state index contributed by atoms with van der Waals surface area (Å²) in [5, 5.41) is 3.31. The molecule has 4 heteroatoms. The van der Waals surface area contributed by atoms with Crippen molar-refractivity contribution >= 4 is 17.3 Å². The molecule has 0 amide bonds. The Morgan fingerprint density at radius 1 is 1.16 bits per heavy atom. The van der Waals surface area contributed by atoms with Crippen molar-refractivity contribution in [1.82, 2.24) is 0 Å². The molecule has 0 aliphatic carbocycles. The number of anilines is 1. The van der Waals surface area contributed by atoms with Crippen LogP contribution >= 0.6 is 11.6 Å². The Morgan fingerprint density at radius 2 is 1.89 bits per heavy atom. The van der Waals surface area contributed by atoms with Gasteiger partial charge >= 0.3 is 0 Å². The average molecular weight is 280 g/mol. The Labute approximate surface area is 117 Å². The van der Waals surface area contributed by atoms with Crippen LogP contribution in [0.25, 0.3) is 0 Å². The van der Waals surface area contributed by atoms with Gasteiger partial charge in [0.1, 0.15) is 11.6 Å². The zero-order chi connectivity index (χ0) is 13.7. The van der Waals surface area contributed by atoms with Crippen LogP contribution in [-0.4, -0.2) is 6.61 Å². The van der Waals surface area contributed by atoms with Gasteiger partial charge in [0.2, 0.25) is 0 Å². The van der Waals surface area contributed by atoms with Crippen LogP contribution in [0.3, 0.4) is 0 Å². The molecule has 2 aromatic carbocycles. The van der Waals surface area contributed by atoms with Gasteiger partial charge in [0, 0.05) is 12.2 Å². The molecule has 0 aliphatic rings. The summed E-state index contributed by atoms with van der Waals surface area (Å²) in [6.45, 7) is 3.26. The summed E-state index contributed by atoms with van der Waals surface area (Å²) in [7, 11) is 0. The summed E-state index contributed by atoms with van der Waals surface area (Å²) in [5.41, 5.74) is 1.91. The molecule has 19 heavy (non-hydrogen) atoms. The lowest BCUT2D eigenvalue weighted by Gasteiger charge is -2.08. The highest BCUT2D eigenvalue weighted by Crippen LogP contribution is 2.20. The quantitative estimate of drug-likeness (QED) is 0.871. The molecule has 0 heterocycles. The van der Waals surface area contributed by atoms with E-state index >= 15 is 0 Å². The zero-order valence-corrected chi connectivity index (χ0v) is 11.4. The highest BCUT2D eigenvalue weighted by atomic mass is 35.5. The van der Waals surface area contributed by atoms with E-state index in [1.807, 2.05) is 31.2 Å². The molecule has 2 nitrogen and oxygen atoms in total. The molecule has 0 spiro atoms. The van der Waals surface area contributed by atoms with Crippen LogP contribution in [0.2, 0.25) is 5.02 Å².